The topological polar surface area (TPSA) is 120 Å². The van der Waals surface area contributed by atoms with Crippen molar-refractivity contribution in [2.45, 2.75) is 11.8 Å². The number of nitrogens with two attached hydrogens (primary N) is 1. The van der Waals surface area contributed by atoms with Gasteiger partial charge in [-0.1, -0.05) is 6.07 Å². The zero-order valence-corrected chi connectivity index (χ0v) is 11.7. The third kappa shape index (κ3) is 2.83. The van der Waals surface area contributed by atoms with Gasteiger partial charge in [-0.25, -0.2) is 13.6 Å². The molecule has 0 saturated carbocycles. The highest BCUT2D eigenvalue weighted by Gasteiger charge is 2.21. The number of rotatable bonds is 3. The Hall–Kier alpha value is -2.26. The van der Waals surface area contributed by atoms with Crippen molar-refractivity contribution in [3.8, 4) is 0 Å². The fourth-order valence-electron chi connectivity index (χ4n) is 1.65. The van der Waals surface area contributed by atoms with Crippen LogP contribution in [-0.2, 0) is 17.1 Å². The number of anilines is 1. The fraction of sp³-hybridized carbons (Fsp3) is 0.182. The smallest absolute Gasteiger partial charge is 0.275 e. The Morgan fingerprint density at radius 2 is 2.15 bits per heavy atom. The van der Waals surface area contributed by atoms with Crippen molar-refractivity contribution in [1.29, 1.82) is 0 Å². The number of aromatic nitrogens is 3. The first-order valence-electron chi connectivity index (χ1n) is 5.58. The molecular formula is C11H13N5O3S. The molecule has 2 rings (SSSR count). The second-order valence-electron chi connectivity index (χ2n) is 4.18. The maximum atomic E-state index is 12.1. The van der Waals surface area contributed by atoms with Crippen molar-refractivity contribution < 1.29 is 13.2 Å². The van der Waals surface area contributed by atoms with E-state index in [1.54, 1.807) is 19.1 Å². The van der Waals surface area contributed by atoms with Crippen LogP contribution in [0.5, 0.6) is 0 Å². The maximum Gasteiger partial charge on any atom is 0.275 e. The van der Waals surface area contributed by atoms with Gasteiger partial charge < -0.3 is 5.32 Å². The molecule has 0 radical (unpaired) electrons. The van der Waals surface area contributed by atoms with Crippen LogP contribution in [0.2, 0.25) is 0 Å². The van der Waals surface area contributed by atoms with Crippen molar-refractivity contribution in [1.82, 2.24) is 14.8 Å². The third-order valence-corrected chi connectivity index (χ3v) is 3.47. The van der Waals surface area contributed by atoms with Gasteiger partial charge >= 0.3 is 0 Å². The van der Waals surface area contributed by atoms with Crippen LogP contribution in [0, 0.1) is 6.92 Å². The number of pyridine rings is 1. The van der Waals surface area contributed by atoms with Gasteiger partial charge in [-0.05, 0) is 18.6 Å². The summed E-state index contributed by atoms with van der Waals surface area (Å²) in [7, 11) is -2.44. The van der Waals surface area contributed by atoms with Crippen molar-refractivity contribution >= 4 is 21.7 Å². The lowest BCUT2D eigenvalue weighted by Crippen LogP contribution is -2.19. The molecule has 0 aliphatic heterocycles. The summed E-state index contributed by atoms with van der Waals surface area (Å²) in [5.74, 6) is -0.670. The van der Waals surface area contributed by atoms with Crippen LogP contribution in [0.3, 0.4) is 0 Å². The molecule has 20 heavy (non-hydrogen) atoms. The normalized spacial score (nSPS) is 11.3. The highest BCUT2D eigenvalue weighted by Crippen LogP contribution is 2.18. The molecule has 1 amide bonds. The van der Waals surface area contributed by atoms with E-state index in [0.29, 0.717) is 5.56 Å². The van der Waals surface area contributed by atoms with Crippen LogP contribution in [0.1, 0.15) is 16.1 Å². The summed E-state index contributed by atoms with van der Waals surface area (Å²) in [6, 6.07) is 3.42. The van der Waals surface area contributed by atoms with Gasteiger partial charge in [0.05, 0.1) is 0 Å². The molecule has 0 unspecified atom stereocenters. The number of amides is 1. The Labute approximate surface area is 115 Å². The van der Waals surface area contributed by atoms with E-state index >= 15 is 0 Å². The summed E-state index contributed by atoms with van der Waals surface area (Å²) >= 11 is 0. The van der Waals surface area contributed by atoms with Crippen molar-refractivity contribution in [2.24, 2.45) is 12.2 Å². The number of nitrogens with one attached hydrogen (secondary N) is 1. The van der Waals surface area contributed by atoms with Crippen LogP contribution in [0.4, 0.5) is 5.82 Å². The quantitative estimate of drug-likeness (QED) is 0.827. The molecule has 0 aromatic carbocycles. The molecule has 2 aromatic heterocycles. The van der Waals surface area contributed by atoms with Gasteiger partial charge in [0.2, 0.25) is 10.0 Å². The van der Waals surface area contributed by atoms with E-state index in [0.717, 1.165) is 0 Å². The first-order valence-corrected chi connectivity index (χ1v) is 7.13. The molecule has 8 nitrogen and oxygen atoms in total. The molecule has 3 N–H and O–H groups in total. The lowest BCUT2D eigenvalue weighted by Gasteiger charge is -2.05. The number of hydrogen-bond donors (Lipinski definition) is 2. The average molecular weight is 295 g/mol. The molecular weight excluding hydrogens is 282 g/mol. The molecule has 106 valence electrons. The molecule has 0 spiro atoms. The maximum absolute atomic E-state index is 12.1. The standard InChI is InChI=1S/C11H13N5O3S/c1-7-4-3-5-13-9(7)11(17)14-10-8(20(12,18)19)6-16(2)15-10/h3-6H,1-2H3,(H2,12,18,19)(H,14,15,17). The number of sulfonamides is 1. The summed E-state index contributed by atoms with van der Waals surface area (Å²) in [4.78, 5) is 15.8. The summed E-state index contributed by atoms with van der Waals surface area (Å²) in [6.07, 6.45) is 2.69. The van der Waals surface area contributed by atoms with Crippen LogP contribution in [0.25, 0.3) is 0 Å². The minimum Gasteiger partial charge on any atom is -0.303 e. The van der Waals surface area contributed by atoms with E-state index < -0.39 is 15.9 Å². The molecule has 0 bridgehead atoms. The molecule has 0 atom stereocenters. The lowest BCUT2D eigenvalue weighted by atomic mass is 10.2. The Kier molecular flexibility index (Phi) is 3.55. The average Bonchev–Trinajstić information content (AvgIpc) is 2.70. The minimum atomic E-state index is -3.97. The predicted molar refractivity (Wildman–Crippen MR) is 71.5 cm³/mol. The number of nitrogens with zero attached hydrogens (tertiary/aromatic N) is 3. The first-order chi connectivity index (χ1) is 9.29. The highest BCUT2D eigenvalue weighted by atomic mass is 32.2. The lowest BCUT2D eigenvalue weighted by molar-refractivity contribution is 0.102. The van der Waals surface area contributed by atoms with E-state index in [2.05, 4.69) is 15.4 Å². The third-order valence-electron chi connectivity index (χ3n) is 2.56. The Morgan fingerprint density at radius 1 is 1.45 bits per heavy atom. The zero-order valence-electron chi connectivity index (χ0n) is 10.9. The Morgan fingerprint density at radius 3 is 2.75 bits per heavy atom. The van der Waals surface area contributed by atoms with Gasteiger partial charge in [0, 0.05) is 19.4 Å². The Bertz CT molecular complexity index is 766. The van der Waals surface area contributed by atoms with Crippen molar-refractivity contribution in [3.05, 3.63) is 35.8 Å². The van der Waals surface area contributed by atoms with Crippen LogP contribution >= 0.6 is 0 Å². The van der Waals surface area contributed by atoms with Crippen molar-refractivity contribution in [2.75, 3.05) is 5.32 Å². The van der Waals surface area contributed by atoms with Gasteiger partial charge in [-0.15, -0.1) is 0 Å². The summed E-state index contributed by atoms with van der Waals surface area (Å²) in [5, 5.41) is 11.3. The summed E-state index contributed by atoms with van der Waals surface area (Å²) in [5.41, 5.74) is 0.858. The molecule has 9 heteroatoms. The Balaban J connectivity index is 2.37. The number of primary sulfonamides is 1. The van der Waals surface area contributed by atoms with E-state index in [1.165, 1.54) is 24.1 Å². The van der Waals surface area contributed by atoms with Crippen LogP contribution in [0.15, 0.2) is 29.4 Å². The van der Waals surface area contributed by atoms with E-state index in [9.17, 15) is 13.2 Å². The molecule has 2 heterocycles. The molecule has 0 aliphatic carbocycles. The summed E-state index contributed by atoms with van der Waals surface area (Å²) < 4.78 is 24.1. The van der Waals surface area contributed by atoms with Crippen LogP contribution < -0.4 is 10.5 Å². The zero-order chi connectivity index (χ0) is 14.9. The van der Waals surface area contributed by atoms with E-state index in [1.807, 2.05) is 0 Å². The van der Waals surface area contributed by atoms with Crippen molar-refractivity contribution in [3.63, 3.8) is 0 Å². The van der Waals surface area contributed by atoms with Gasteiger partial charge in [-0.3, -0.25) is 14.5 Å². The number of hydrogen-bond acceptors (Lipinski definition) is 5. The number of carbonyl (C=O) groups excluding carboxylic acids is 1. The number of carbonyl (C=O) groups is 1. The second kappa shape index (κ2) is 5.02. The molecule has 2 aromatic rings. The minimum absolute atomic E-state index is 0.120. The number of aryl methyl sites for hydroxylation is 2. The van der Waals surface area contributed by atoms with Crippen LogP contribution in [-0.4, -0.2) is 29.1 Å². The monoisotopic (exact) mass is 295 g/mol. The fourth-order valence-corrected chi connectivity index (χ4v) is 2.31. The summed E-state index contributed by atoms with van der Waals surface area (Å²) in [6.45, 7) is 1.72. The van der Waals surface area contributed by atoms with Gasteiger partial charge in [0.25, 0.3) is 5.91 Å². The van der Waals surface area contributed by atoms with Gasteiger partial charge in [0.15, 0.2) is 5.82 Å². The van der Waals surface area contributed by atoms with Gasteiger partial charge in [-0.2, -0.15) is 5.10 Å². The SMILES string of the molecule is Cc1cccnc1C(=O)Nc1nn(C)cc1S(N)(=O)=O. The van der Waals surface area contributed by atoms with E-state index in [4.69, 9.17) is 5.14 Å². The second-order valence-corrected chi connectivity index (χ2v) is 5.71. The largest absolute Gasteiger partial charge is 0.303 e. The molecule has 0 saturated heterocycles. The van der Waals surface area contributed by atoms with Gasteiger partial charge in [0.1, 0.15) is 10.6 Å². The molecule has 0 aliphatic rings. The van der Waals surface area contributed by atoms with E-state index in [-0.39, 0.29) is 16.4 Å². The predicted octanol–water partition coefficient (Wildman–Crippen LogP) is 0.0232. The first kappa shape index (κ1) is 14.2. The molecule has 0 fully saturated rings. The highest BCUT2D eigenvalue weighted by molar-refractivity contribution is 7.89.